The van der Waals surface area contributed by atoms with Crippen LogP contribution < -0.4 is 9.05 Å². The van der Waals surface area contributed by atoms with Crippen molar-refractivity contribution < 1.29 is 13.6 Å². The Morgan fingerprint density at radius 3 is 1.76 bits per heavy atom. The Bertz CT molecular complexity index is 1090. The van der Waals surface area contributed by atoms with Gasteiger partial charge in [-0.05, 0) is 58.4 Å². The summed E-state index contributed by atoms with van der Waals surface area (Å²) in [4.78, 5) is 0. The average molecular weight is 483 g/mol. The van der Waals surface area contributed by atoms with Crippen LogP contribution >= 0.6 is 8.60 Å². The quantitative estimate of drug-likeness (QED) is 0.399. The molecule has 0 saturated carbocycles. The van der Waals surface area contributed by atoms with Gasteiger partial charge in [0.2, 0.25) is 0 Å². The highest BCUT2D eigenvalue weighted by atomic mass is 31.2. The molecule has 1 unspecified atom stereocenters. The molecule has 0 saturated heterocycles. The van der Waals surface area contributed by atoms with Gasteiger partial charge in [-0.25, -0.2) is 0 Å². The zero-order valence-corrected chi connectivity index (χ0v) is 24.2. The molecule has 4 heteroatoms. The first-order chi connectivity index (χ1) is 15.6. The number of allylic oxidation sites excluding steroid dienone is 2. The van der Waals surface area contributed by atoms with E-state index in [1.54, 1.807) is 7.11 Å². The lowest BCUT2D eigenvalue weighted by molar-refractivity contribution is 0.315. The predicted molar refractivity (Wildman–Crippen MR) is 146 cm³/mol. The van der Waals surface area contributed by atoms with Crippen LogP contribution in [-0.4, -0.2) is 7.11 Å². The second-order valence-corrected chi connectivity index (χ2v) is 13.7. The van der Waals surface area contributed by atoms with E-state index in [9.17, 15) is 0 Å². The first-order valence-electron chi connectivity index (χ1n) is 12.2. The van der Waals surface area contributed by atoms with Crippen molar-refractivity contribution in [2.45, 2.75) is 98.8 Å². The summed E-state index contributed by atoms with van der Waals surface area (Å²) in [6.45, 7) is 24.6. The maximum Gasteiger partial charge on any atom is 0.462 e. The van der Waals surface area contributed by atoms with Gasteiger partial charge >= 0.3 is 8.60 Å². The summed E-state index contributed by atoms with van der Waals surface area (Å²) in [5, 5.41) is 0. The first-order valence-corrected chi connectivity index (χ1v) is 13.3. The van der Waals surface area contributed by atoms with Crippen LogP contribution in [0.25, 0.3) is 5.57 Å². The van der Waals surface area contributed by atoms with Gasteiger partial charge in [-0.2, -0.15) is 0 Å². The van der Waals surface area contributed by atoms with E-state index in [0.29, 0.717) is 0 Å². The molecule has 0 fully saturated rings. The number of fused-ring (bicyclic) bond motifs is 2. The Hall–Kier alpha value is -1.83. The molecule has 1 aliphatic heterocycles. The van der Waals surface area contributed by atoms with Crippen LogP contribution in [0.3, 0.4) is 0 Å². The molecule has 0 bridgehead atoms. The number of benzene rings is 2. The summed E-state index contributed by atoms with van der Waals surface area (Å²) >= 11 is 0. The van der Waals surface area contributed by atoms with E-state index in [1.807, 2.05) is 0 Å². The third kappa shape index (κ3) is 5.52. The fraction of sp³-hybridized carbons (Fsp3) is 0.533. The van der Waals surface area contributed by atoms with Gasteiger partial charge in [0.1, 0.15) is 11.5 Å². The smallest absolute Gasteiger partial charge is 0.417 e. The molecule has 0 aliphatic carbocycles. The fourth-order valence-electron chi connectivity index (χ4n) is 4.18. The molecule has 3 rings (SSSR count). The van der Waals surface area contributed by atoms with Crippen LogP contribution in [0.15, 0.2) is 30.3 Å². The summed E-state index contributed by atoms with van der Waals surface area (Å²) in [5.41, 5.74) is 8.48. The molecular weight excluding hydrogens is 439 g/mol. The third-order valence-electron chi connectivity index (χ3n) is 6.59. The number of hydrogen-bond donors (Lipinski definition) is 0. The highest BCUT2D eigenvalue weighted by Crippen LogP contribution is 2.52. The van der Waals surface area contributed by atoms with Crippen molar-refractivity contribution in [1.29, 1.82) is 0 Å². The molecule has 2 aromatic rings. The van der Waals surface area contributed by atoms with Gasteiger partial charge < -0.3 is 9.05 Å². The van der Waals surface area contributed by atoms with Crippen molar-refractivity contribution in [3.63, 3.8) is 0 Å². The highest BCUT2D eigenvalue weighted by molar-refractivity contribution is 7.42. The topological polar surface area (TPSA) is 27.7 Å². The molecule has 34 heavy (non-hydrogen) atoms. The Labute approximate surface area is 208 Å². The van der Waals surface area contributed by atoms with E-state index in [-0.39, 0.29) is 16.2 Å². The highest BCUT2D eigenvalue weighted by Gasteiger charge is 2.33. The van der Waals surface area contributed by atoms with Crippen LogP contribution in [-0.2, 0) is 27.2 Å². The van der Waals surface area contributed by atoms with Gasteiger partial charge in [0.05, 0.1) is 0 Å². The molecule has 1 heterocycles. The molecular formula is C30H43O3P. The largest absolute Gasteiger partial charge is 0.462 e. The Kier molecular flexibility index (Phi) is 7.34. The first kappa shape index (κ1) is 26.8. The van der Waals surface area contributed by atoms with Crippen molar-refractivity contribution >= 4 is 14.2 Å². The van der Waals surface area contributed by atoms with Gasteiger partial charge in [0.15, 0.2) is 0 Å². The summed E-state index contributed by atoms with van der Waals surface area (Å²) in [6, 6.07) is 9.23. The Morgan fingerprint density at radius 2 is 1.29 bits per heavy atom. The summed E-state index contributed by atoms with van der Waals surface area (Å²) in [6.07, 6.45) is 2.89. The molecule has 186 valence electrons. The van der Waals surface area contributed by atoms with Crippen LogP contribution in [0.4, 0.5) is 0 Å². The van der Waals surface area contributed by atoms with E-state index < -0.39 is 8.60 Å². The lowest BCUT2D eigenvalue weighted by Crippen LogP contribution is -2.20. The molecule has 0 N–H and O–H groups in total. The second kappa shape index (κ2) is 9.32. The average Bonchev–Trinajstić information content (AvgIpc) is 2.69. The SMILES string of the molecule is C/C=C(/C)c1cc(C(C)(C)C)cc2c1OP(OC)Oc1c(cc(C(C)(C)C)cc1C(C)(C)C)C2. The molecule has 1 atom stereocenters. The van der Waals surface area contributed by atoms with E-state index >= 15 is 0 Å². The van der Waals surface area contributed by atoms with Crippen molar-refractivity contribution in [3.8, 4) is 11.5 Å². The van der Waals surface area contributed by atoms with E-state index in [2.05, 4.69) is 107 Å². The zero-order valence-electron chi connectivity index (χ0n) is 23.3. The molecule has 0 aromatic heterocycles. The summed E-state index contributed by atoms with van der Waals surface area (Å²) < 4.78 is 18.8. The Balaban J connectivity index is 2.39. The molecule has 3 nitrogen and oxygen atoms in total. The normalized spacial score (nSPS) is 17.2. The lowest BCUT2D eigenvalue weighted by atomic mass is 9.78. The molecule has 2 aromatic carbocycles. The van der Waals surface area contributed by atoms with Crippen molar-refractivity contribution in [1.82, 2.24) is 0 Å². The number of rotatable bonds is 2. The fourth-order valence-corrected chi connectivity index (χ4v) is 5.09. The Morgan fingerprint density at radius 1 is 0.794 bits per heavy atom. The van der Waals surface area contributed by atoms with Gasteiger partial charge in [-0.15, -0.1) is 0 Å². The van der Waals surface area contributed by atoms with Crippen molar-refractivity contribution in [2.75, 3.05) is 7.11 Å². The van der Waals surface area contributed by atoms with Crippen LogP contribution in [0, 0.1) is 0 Å². The van der Waals surface area contributed by atoms with Gasteiger partial charge in [-0.1, -0.05) is 86.6 Å². The van der Waals surface area contributed by atoms with Gasteiger partial charge in [0.25, 0.3) is 0 Å². The zero-order chi connectivity index (χ0) is 25.6. The third-order valence-corrected chi connectivity index (χ3v) is 7.55. The van der Waals surface area contributed by atoms with E-state index in [1.165, 1.54) is 33.4 Å². The van der Waals surface area contributed by atoms with E-state index in [0.717, 1.165) is 23.5 Å². The maximum atomic E-state index is 6.54. The van der Waals surface area contributed by atoms with Crippen molar-refractivity contribution in [2.24, 2.45) is 0 Å². The minimum absolute atomic E-state index is 0.0231. The minimum Gasteiger partial charge on any atom is -0.417 e. The molecule has 1 aliphatic rings. The second-order valence-electron chi connectivity index (χ2n) is 12.5. The summed E-state index contributed by atoms with van der Waals surface area (Å²) in [7, 11) is 0.0669. The molecule has 0 radical (unpaired) electrons. The minimum atomic E-state index is -1.60. The van der Waals surface area contributed by atoms with Gasteiger partial charge in [0, 0.05) is 30.2 Å². The van der Waals surface area contributed by atoms with Crippen LogP contribution in [0.5, 0.6) is 11.5 Å². The maximum absolute atomic E-state index is 6.54. The molecule has 0 spiro atoms. The van der Waals surface area contributed by atoms with Crippen molar-refractivity contribution in [3.05, 3.63) is 63.7 Å². The van der Waals surface area contributed by atoms with Crippen LogP contribution in [0.2, 0.25) is 0 Å². The van der Waals surface area contributed by atoms with E-state index in [4.69, 9.17) is 13.6 Å². The van der Waals surface area contributed by atoms with Crippen LogP contribution in [0.1, 0.15) is 110 Å². The number of hydrogen-bond acceptors (Lipinski definition) is 3. The molecule has 0 amide bonds. The monoisotopic (exact) mass is 482 g/mol. The standard InChI is InChI=1S/C30H43O3P/c1-13-19(2)24-17-22(28(3,4)5)15-20-14-21-16-23(29(6,7)8)18-25(30(9,10)11)27(21)33-34(31-12)32-26(20)24/h13,15-18H,14H2,1-12H3/b19-13-. The van der Waals surface area contributed by atoms with Gasteiger partial charge in [-0.3, -0.25) is 4.52 Å². The predicted octanol–water partition coefficient (Wildman–Crippen LogP) is 9.24. The lowest BCUT2D eigenvalue weighted by Gasteiger charge is -2.32. The summed E-state index contributed by atoms with van der Waals surface area (Å²) in [5.74, 6) is 1.78.